The van der Waals surface area contributed by atoms with Crippen molar-refractivity contribution >= 4 is 11.7 Å². The number of rotatable bonds is 3. The molecular weight excluding hydrogens is 346 g/mol. The van der Waals surface area contributed by atoms with Crippen LogP contribution in [0.1, 0.15) is 30.9 Å². The summed E-state index contributed by atoms with van der Waals surface area (Å²) in [6.45, 7) is 2.03. The zero-order valence-corrected chi connectivity index (χ0v) is 15.3. The third kappa shape index (κ3) is 3.77. The number of methoxy groups -OCH3 is 1. The lowest BCUT2D eigenvalue weighted by atomic mass is 10.0. The topological polar surface area (TPSA) is 72.9 Å². The molecular formula is C20H23N3O4. The molecule has 4 rings (SSSR count). The molecule has 2 amide bonds. The predicted molar refractivity (Wildman–Crippen MR) is 101 cm³/mol. The molecule has 0 saturated carbocycles. The van der Waals surface area contributed by atoms with Crippen molar-refractivity contribution in [3.8, 4) is 17.4 Å². The minimum atomic E-state index is -0.128. The normalized spacial score (nSPS) is 18.7. The lowest BCUT2D eigenvalue weighted by Gasteiger charge is -2.26. The molecule has 0 aliphatic carbocycles. The molecule has 3 heterocycles. The standard InChI is InChI=1S/C20H23N3O4/c1-25-19-8-6-15(13-21-19)22-20(24)23-9-2-4-16(23)14-5-7-17-18(12-14)27-11-3-10-26-17/h5-8,12-13,16H,2-4,9-11H2,1H3,(H,22,24)/t16-/m1/s1. The molecule has 1 saturated heterocycles. The van der Waals surface area contributed by atoms with Crippen molar-refractivity contribution < 1.29 is 19.0 Å². The van der Waals surface area contributed by atoms with Crippen LogP contribution in [0.25, 0.3) is 0 Å². The van der Waals surface area contributed by atoms with Crippen molar-refractivity contribution in [3.63, 3.8) is 0 Å². The van der Waals surface area contributed by atoms with E-state index in [1.54, 1.807) is 25.4 Å². The third-order valence-corrected chi connectivity index (χ3v) is 4.87. The monoisotopic (exact) mass is 369 g/mol. The first kappa shape index (κ1) is 17.5. The number of pyridine rings is 1. The molecule has 0 spiro atoms. The van der Waals surface area contributed by atoms with Crippen molar-refractivity contribution in [2.24, 2.45) is 0 Å². The van der Waals surface area contributed by atoms with Crippen LogP contribution in [0.5, 0.6) is 17.4 Å². The van der Waals surface area contributed by atoms with Gasteiger partial charge in [-0.25, -0.2) is 9.78 Å². The minimum absolute atomic E-state index is 0.0216. The summed E-state index contributed by atoms with van der Waals surface area (Å²) in [7, 11) is 1.56. The number of fused-ring (bicyclic) bond motifs is 1. The molecule has 2 aliphatic rings. The molecule has 142 valence electrons. The number of benzene rings is 1. The Morgan fingerprint density at radius 2 is 2.04 bits per heavy atom. The van der Waals surface area contributed by atoms with Gasteiger partial charge in [-0.2, -0.15) is 0 Å². The summed E-state index contributed by atoms with van der Waals surface area (Å²) >= 11 is 0. The van der Waals surface area contributed by atoms with Crippen LogP contribution >= 0.6 is 0 Å². The first-order valence-electron chi connectivity index (χ1n) is 9.22. The number of nitrogens with zero attached hydrogens (tertiary/aromatic N) is 2. The van der Waals surface area contributed by atoms with Gasteiger partial charge in [0.1, 0.15) is 0 Å². The van der Waals surface area contributed by atoms with E-state index in [4.69, 9.17) is 14.2 Å². The zero-order valence-electron chi connectivity index (χ0n) is 15.3. The number of hydrogen-bond acceptors (Lipinski definition) is 5. The van der Waals surface area contributed by atoms with E-state index < -0.39 is 0 Å². The number of carbonyl (C=O) groups excluding carboxylic acids is 1. The summed E-state index contributed by atoms with van der Waals surface area (Å²) in [4.78, 5) is 18.8. The maximum atomic E-state index is 12.8. The molecule has 7 heteroatoms. The number of anilines is 1. The van der Waals surface area contributed by atoms with Gasteiger partial charge in [0.2, 0.25) is 5.88 Å². The van der Waals surface area contributed by atoms with Crippen molar-refractivity contribution in [1.82, 2.24) is 9.88 Å². The Bertz CT molecular complexity index is 809. The molecule has 0 bridgehead atoms. The Morgan fingerprint density at radius 1 is 1.19 bits per heavy atom. The van der Waals surface area contributed by atoms with Crippen molar-refractivity contribution in [2.75, 3.05) is 32.2 Å². The predicted octanol–water partition coefficient (Wildman–Crippen LogP) is 3.62. The highest BCUT2D eigenvalue weighted by Gasteiger charge is 2.31. The Hall–Kier alpha value is -2.96. The molecule has 27 heavy (non-hydrogen) atoms. The molecule has 2 aromatic rings. The maximum Gasteiger partial charge on any atom is 0.322 e. The van der Waals surface area contributed by atoms with Crippen LogP contribution in [-0.2, 0) is 0 Å². The van der Waals surface area contributed by atoms with E-state index in [2.05, 4.69) is 10.3 Å². The Balaban J connectivity index is 1.49. The number of amides is 2. The molecule has 2 aliphatic heterocycles. The number of carbonyl (C=O) groups is 1. The summed E-state index contributed by atoms with van der Waals surface area (Å²) in [5.41, 5.74) is 1.71. The second-order valence-corrected chi connectivity index (χ2v) is 6.63. The molecule has 1 aromatic heterocycles. The van der Waals surface area contributed by atoms with Crippen molar-refractivity contribution in [3.05, 3.63) is 42.1 Å². The van der Waals surface area contributed by atoms with Gasteiger partial charge < -0.3 is 24.4 Å². The van der Waals surface area contributed by atoms with E-state index in [1.165, 1.54) is 0 Å². The van der Waals surface area contributed by atoms with Gasteiger partial charge in [-0.1, -0.05) is 6.07 Å². The maximum absolute atomic E-state index is 12.8. The van der Waals surface area contributed by atoms with E-state index >= 15 is 0 Å². The number of ether oxygens (including phenoxy) is 3. The van der Waals surface area contributed by atoms with Gasteiger partial charge in [-0.05, 0) is 36.6 Å². The zero-order chi connectivity index (χ0) is 18.6. The fourth-order valence-corrected chi connectivity index (χ4v) is 3.51. The van der Waals surface area contributed by atoms with Crippen LogP contribution < -0.4 is 19.5 Å². The second-order valence-electron chi connectivity index (χ2n) is 6.63. The lowest BCUT2D eigenvalue weighted by molar-refractivity contribution is 0.207. The number of nitrogens with one attached hydrogen (secondary N) is 1. The van der Waals surface area contributed by atoms with Crippen LogP contribution in [0.3, 0.4) is 0 Å². The molecule has 1 N–H and O–H groups in total. The first-order valence-corrected chi connectivity index (χ1v) is 9.22. The van der Waals surface area contributed by atoms with Crippen molar-refractivity contribution in [1.29, 1.82) is 0 Å². The van der Waals surface area contributed by atoms with Gasteiger partial charge in [0, 0.05) is 19.0 Å². The average Bonchev–Trinajstić information content (AvgIpc) is 3.07. The second kappa shape index (κ2) is 7.73. The van der Waals surface area contributed by atoms with Gasteiger partial charge in [0.25, 0.3) is 0 Å². The summed E-state index contributed by atoms with van der Waals surface area (Å²) < 4.78 is 16.5. The number of aromatic nitrogens is 1. The van der Waals surface area contributed by atoms with Crippen LogP contribution in [0.2, 0.25) is 0 Å². The fourth-order valence-electron chi connectivity index (χ4n) is 3.51. The van der Waals surface area contributed by atoms with Gasteiger partial charge >= 0.3 is 6.03 Å². The molecule has 1 aromatic carbocycles. The SMILES string of the molecule is COc1ccc(NC(=O)N2CCC[C@@H]2c2ccc3c(c2)OCCCO3)cn1. The summed E-state index contributed by atoms with van der Waals surface area (Å²) in [6, 6.07) is 9.37. The van der Waals surface area contributed by atoms with Crippen LogP contribution in [0, 0.1) is 0 Å². The van der Waals surface area contributed by atoms with Gasteiger partial charge in [-0.15, -0.1) is 0 Å². The average molecular weight is 369 g/mol. The fraction of sp³-hybridized carbons (Fsp3) is 0.400. The van der Waals surface area contributed by atoms with Crippen LogP contribution in [0.4, 0.5) is 10.5 Å². The smallest absolute Gasteiger partial charge is 0.322 e. The Kier molecular flexibility index (Phi) is 5.00. The highest BCUT2D eigenvalue weighted by molar-refractivity contribution is 5.89. The largest absolute Gasteiger partial charge is 0.490 e. The third-order valence-electron chi connectivity index (χ3n) is 4.87. The summed E-state index contributed by atoms with van der Waals surface area (Å²) in [5, 5.41) is 2.92. The Morgan fingerprint density at radius 3 is 2.81 bits per heavy atom. The number of urea groups is 1. The summed E-state index contributed by atoms with van der Waals surface area (Å²) in [6.07, 6.45) is 4.36. The van der Waals surface area contributed by atoms with Crippen LogP contribution in [0.15, 0.2) is 36.5 Å². The molecule has 1 atom stereocenters. The van der Waals surface area contributed by atoms with E-state index in [0.717, 1.165) is 36.3 Å². The molecule has 7 nitrogen and oxygen atoms in total. The van der Waals surface area contributed by atoms with Gasteiger partial charge in [-0.3, -0.25) is 0 Å². The van der Waals surface area contributed by atoms with E-state index in [9.17, 15) is 4.79 Å². The number of hydrogen-bond donors (Lipinski definition) is 1. The number of likely N-dealkylation sites (tertiary alicyclic amines) is 1. The molecule has 0 unspecified atom stereocenters. The lowest BCUT2D eigenvalue weighted by Crippen LogP contribution is -2.34. The highest BCUT2D eigenvalue weighted by Crippen LogP contribution is 2.38. The van der Waals surface area contributed by atoms with E-state index in [1.807, 2.05) is 23.1 Å². The quantitative estimate of drug-likeness (QED) is 0.895. The van der Waals surface area contributed by atoms with Gasteiger partial charge in [0.05, 0.1) is 38.2 Å². The molecule has 0 radical (unpaired) electrons. The van der Waals surface area contributed by atoms with Crippen LogP contribution in [-0.4, -0.2) is 42.8 Å². The first-order chi connectivity index (χ1) is 13.2. The van der Waals surface area contributed by atoms with Crippen molar-refractivity contribution in [2.45, 2.75) is 25.3 Å². The van der Waals surface area contributed by atoms with E-state index in [-0.39, 0.29) is 12.1 Å². The minimum Gasteiger partial charge on any atom is -0.490 e. The molecule has 1 fully saturated rings. The highest BCUT2D eigenvalue weighted by atomic mass is 16.5. The van der Waals surface area contributed by atoms with Gasteiger partial charge in [0.15, 0.2) is 11.5 Å². The van der Waals surface area contributed by atoms with E-state index in [0.29, 0.717) is 31.3 Å². The summed E-state index contributed by atoms with van der Waals surface area (Å²) in [5.74, 6) is 2.05. The Labute approximate surface area is 158 Å².